The zero-order valence-electron chi connectivity index (χ0n) is 14.7. The Bertz CT molecular complexity index is 502. The maximum atomic E-state index is 12.3. The van der Waals surface area contributed by atoms with E-state index in [0.29, 0.717) is 12.5 Å². The maximum absolute atomic E-state index is 12.3. The van der Waals surface area contributed by atoms with Crippen molar-refractivity contribution < 1.29 is 9.53 Å². The highest BCUT2D eigenvalue weighted by Gasteiger charge is 2.21. The minimum Gasteiger partial charge on any atom is -0.489 e. The lowest BCUT2D eigenvalue weighted by molar-refractivity contribution is -0.116. The molecule has 1 atom stereocenters. The number of piperidine rings is 1. The van der Waals surface area contributed by atoms with E-state index in [-0.39, 0.29) is 12.0 Å². The molecule has 0 saturated carbocycles. The Balaban J connectivity index is 1.87. The van der Waals surface area contributed by atoms with Crippen LogP contribution in [-0.4, -0.2) is 36.0 Å². The van der Waals surface area contributed by atoms with Gasteiger partial charge in [-0.15, -0.1) is 0 Å². The molecule has 2 rings (SSSR count). The number of nitrogens with one attached hydrogen (secondary N) is 1. The van der Waals surface area contributed by atoms with Crippen molar-refractivity contribution in [2.24, 2.45) is 0 Å². The van der Waals surface area contributed by atoms with Crippen LogP contribution in [0, 0.1) is 0 Å². The second-order valence-corrected chi connectivity index (χ2v) is 6.55. The number of amides is 1. The van der Waals surface area contributed by atoms with Crippen LogP contribution in [0.15, 0.2) is 24.3 Å². The molecule has 1 unspecified atom stereocenters. The van der Waals surface area contributed by atoms with E-state index in [4.69, 9.17) is 4.74 Å². The predicted octanol–water partition coefficient (Wildman–Crippen LogP) is 4.07. The molecular weight excluding hydrogens is 288 g/mol. The van der Waals surface area contributed by atoms with E-state index in [1.54, 1.807) is 0 Å². The van der Waals surface area contributed by atoms with E-state index < -0.39 is 0 Å². The van der Waals surface area contributed by atoms with Crippen molar-refractivity contribution >= 4 is 11.6 Å². The Morgan fingerprint density at radius 1 is 1.35 bits per heavy atom. The number of hydrogen-bond acceptors (Lipinski definition) is 3. The Labute approximate surface area is 140 Å². The highest BCUT2D eigenvalue weighted by molar-refractivity contribution is 5.92. The summed E-state index contributed by atoms with van der Waals surface area (Å²) < 4.78 is 5.75. The quantitative estimate of drug-likeness (QED) is 0.824. The number of hydrogen-bond donors (Lipinski definition) is 1. The molecule has 1 N–H and O–H groups in total. The van der Waals surface area contributed by atoms with Crippen LogP contribution in [0.3, 0.4) is 0 Å². The SMILES string of the molecule is CCC1CCCCN1CCC(=O)Nc1ccccc1OC(C)C. The number of ether oxygens (including phenoxy) is 1. The summed E-state index contributed by atoms with van der Waals surface area (Å²) in [5.74, 6) is 0.797. The van der Waals surface area contributed by atoms with Crippen LogP contribution in [0.1, 0.15) is 52.9 Å². The second-order valence-electron chi connectivity index (χ2n) is 6.55. The van der Waals surface area contributed by atoms with Crippen LogP contribution in [-0.2, 0) is 4.79 Å². The summed E-state index contributed by atoms with van der Waals surface area (Å²) in [5, 5.41) is 3.00. The molecule has 0 bridgehead atoms. The zero-order valence-corrected chi connectivity index (χ0v) is 14.7. The number of anilines is 1. The fourth-order valence-electron chi connectivity index (χ4n) is 3.20. The van der Waals surface area contributed by atoms with Gasteiger partial charge in [-0.05, 0) is 51.8 Å². The van der Waals surface area contributed by atoms with E-state index in [1.807, 2.05) is 38.1 Å². The fraction of sp³-hybridized carbons (Fsp3) is 0.632. The van der Waals surface area contributed by atoms with Gasteiger partial charge in [-0.3, -0.25) is 9.69 Å². The minimum absolute atomic E-state index is 0.0604. The highest BCUT2D eigenvalue weighted by Crippen LogP contribution is 2.25. The Morgan fingerprint density at radius 2 is 2.13 bits per heavy atom. The third-order valence-electron chi connectivity index (χ3n) is 4.37. The molecule has 1 saturated heterocycles. The summed E-state index contributed by atoms with van der Waals surface area (Å²) in [6, 6.07) is 8.28. The minimum atomic E-state index is 0.0604. The summed E-state index contributed by atoms with van der Waals surface area (Å²) in [6.07, 6.45) is 5.64. The van der Waals surface area contributed by atoms with Crippen molar-refractivity contribution in [3.63, 3.8) is 0 Å². The molecule has 128 valence electrons. The number of likely N-dealkylation sites (tertiary alicyclic amines) is 1. The molecule has 4 heteroatoms. The van der Waals surface area contributed by atoms with Crippen LogP contribution in [0.4, 0.5) is 5.69 Å². The Hall–Kier alpha value is -1.55. The molecule has 1 aliphatic heterocycles. The van der Waals surface area contributed by atoms with E-state index in [2.05, 4.69) is 17.1 Å². The van der Waals surface area contributed by atoms with Gasteiger partial charge >= 0.3 is 0 Å². The van der Waals surface area contributed by atoms with Gasteiger partial charge in [-0.2, -0.15) is 0 Å². The van der Waals surface area contributed by atoms with Crippen molar-refractivity contribution in [2.45, 2.75) is 65.0 Å². The predicted molar refractivity (Wildman–Crippen MR) is 95.0 cm³/mol. The molecular formula is C19H30N2O2. The third-order valence-corrected chi connectivity index (χ3v) is 4.37. The fourth-order valence-corrected chi connectivity index (χ4v) is 3.20. The largest absolute Gasteiger partial charge is 0.489 e. The van der Waals surface area contributed by atoms with Gasteiger partial charge < -0.3 is 10.1 Å². The number of benzene rings is 1. The molecule has 0 aliphatic carbocycles. The summed E-state index contributed by atoms with van der Waals surface area (Å²) in [7, 11) is 0. The van der Waals surface area contributed by atoms with E-state index in [9.17, 15) is 4.79 Å². The lowest BCUT2D eigenvalue weighted by atomic mass is 10.00. The van der Waals surface area contributed by atoms with Crippen molar-refractivity contribution in [1.29, 1.82) is 0 Å². The highest BCUT2D eigenvalue weighted by atomic mass is 16.5. The lowest BCUT2D eigenvalue weighted by Crippen LogP contribution is -2.40. The first-order chi connectivity index (χ1) is 11.1. The van der Waals surface area contributed by atoms with Crippen LogP contribution in [0.2, 0.25) is 0 Å². The van der Waals surface area contributed by atoms with Gasteiger partial charge in [0.15, 0.2) is 0 Å². The van der Waals surface area contributed by atoms with Gasteiger partial charge in [0.25, 0.3) is 0 Å². The smallest absolute Gasteiger partial charge is 0.225 e. The van der Waals surface area contributed by atoms with Crippen molar-refractivity contribution in [1.82, 2.24) is 4.90 Å². The maximum Gasteiger partial charge on any atom is 0.225 e. The summed E-state index contributed by atoms with van der Waals surface area (Å²) >= 11 is 0. The molecule has 4 nitrogen and oxygen atoms in total. The average molecular weight is 318 g/mol. The Morgan fingerprint density at radius 3 is 2.87 bits per heavy atom. The molecule has 1 fully saturated rings. The van der Waals surface area contributed by atoms with E-state index in [0.717, 1.165) is 24.5 Å². The Kier molecular flexibility index (Phi) is 6.90. The number of carbonyl (C=O) groups is 1. The van der Waals surface area contributed by atoms with Crippen LogP contribution >= 0.6 is 0 Å². The molecule has 23 heavy (non-hydrogen) atoms. The first kappa shape index (κ1) is 17.8. The van der Waals surface area contributed by atoms with E-state index >= 15 is 0 Å². The van der Waals surface area contributed by atoms with Crippen LogP contribution < -0.4 is 10.1 Å². The van der Waals surface area contributed by atoms with Crippen molar-refractivity contribution in [3.05, 3.63) is 24.3 Å². The summed E-state index contributed by atoms with van der Waals surface area (Å²) in [4.78, 5) is 14.8. The van der Waals surface area contributed by atoms with Gasteiger partial charge in [-0.1, -0.05) is 25.5 Å². The van der Waals surface area contributed by atoms with Gasteiger partial charge in [0.2, 0.25) is 5.91 Å². The van der Waals surface area contributed by atoms with Gasteiger partial charge in [0, 0.05) is 19.0 Å². The summed E-state index contributed by atoms with van der Waals surface area (Å²) in [6.45, 7) is 8.18. The molecule has 1 amide bonds. The normalized spacial score (nSPS) is 18.9. The van der Waals surface area contributed by atoms with Crippen LogP contribution in [0.5, 0.6) is 5.75 Å². The molecule has 0 radical (unpaired) electrons. The van der Waals surface area contributed by atoms with E-state index in [1.165, 1.54) is 25.7 Å². The number of para-hydroxylation sites is 2. The average Bonchev–Trinajstić information content (AvgIpc) is 2.54. The number of rotatable bonds is 7. The van der Waals surface area contributed by atoms with Gasteiger partial charge in [-0.25, -0.2) is 0 Å². The molecule has 1 aromatic rings. The van der Waals surface area contributed by atoms with Crippen molar-refractivity contribution in [2.75, 3.05) is 18.4 Å². The van der Waals surface area contributed by atoms with Crippen molar-refractivity contribution in [3.8, 4) is 5.75 Å². The first-order valence-corrected chi connectivity index (χ1v) is 8.89. The molecule has 1 aliphatic rings. The first-order valence-electron chi connectivity index (χ1n) is 8.89. The van der Waals surface area contributed by atoms with Gasteiger partial charge in [0.05, 0.1) is 11.8 Å². The summed E-state index contributed by atoms with van der Waals surface area (Å²) in [5.41, 5.74) is 0.761. The molecule has 1 aromatic carbocycles. The second kappa shape index (κ2) is 8.92. The zero-order chi connectivity index (χ0) is 16.7. The number of nitrogens with zero attached hydrogens (tertiary/aromatic N) is 1. The third kappa shape index (κ3) is 5.54. The number of carbonyl (C=O) groups excluding carboxylic acids is 1. The van der Waals surface area contributed by atoms with Crippen LogP contribution in [0.25, 0.3) is 0 Å². The molecule has 0 spiro atoms. The monoisotopic (exact) mass is 318 g/mol. The lowest BCUT2D eigenvalue weighted by Gasteiger charge is -2.35. The molecule has 1 heterocycles. The topological polar surface area (TPSA) is 41.6 Å². The van der Waals surface area contributed by atoms with Gasteiger partial charge in [0.1, 0.15) is 5.75 Å². The standard InChI is InChI=1S/C19H30N2O2/c1-4-16-9-7-8-13-21(16)14-12-19(22)20-17-10-5-6-11-18(17)23-15(2)3/h5-6,10-11,15-16H,4,7-9,12-14H2,1-3H3,(H,20,22). The molecule has 0 aromatic heterocycles.